The molecule has 3 aromatic rings. The van der Waals surface area contributed by atoms with Crippen LogP contribution in [0.3, 0.4) is 0 Å². The molecule has 2 aromatic carbocycles. The minimum atomic E-state index is -2.01. The van der Waals surface area contributed by atoms with E-state index < -0.39 is 8.32 Å². The summed E-state index contributed by atoms with van der Waals surface area (Å²) in [6.45, 7) is 13.9. The van der Waals surface area contributed by atoms with E-state index in [0.717, 1.165) is 32.3 Å². The van der Waals surface area contributed by atoms with E-state index in [0.29, 0.717) is 21.8 Å². The summed E-state index contributed by atoms with van der Waals surface area (Å²) in [5.74, 6) is 0.956. The molecule has 0 aliphatic carbocycles. The molecular weight excluding hydrogens is 525 g/mol. The number of hydrogen-bond donors (Lipinski definition) is 0. The van der Waals surface area contributed by atoms with Crippen LogP contribution in [-0.2, 0) is 17.1 Å². The molecule has 0 saturated carbocycles. The smallest absolute Gasteiger partial charge is 0.543 e. The topological polar surface area (TPSA) is 23.4 Å². The van der Waals surface area contributed by atoms with Gasteiger partial charge in [-0.2, -0.15) is 4.98 Å². The molecule has 0 unspecified atom stereocenters. The molecule has 0 amide bonds. The quantitative estimate of drug-likeness (QED) is 0.222. The van der Waals surface area contributed by atoms with Gasteiger partial charge in [0.1, 0.15) is 5.75 Å². The Morgan fingerprint density at radius 1 is 0.900 bits per heavy atom. The van der Waals surface area contributed by atoms with E-state index in [1.54, 1.807) is 0 Å². The number of nitrogens with one attached hydrogen (secondary N) is 1. The molecule has 163 valence electrons. The van der Waals surface area contributed by atoms with Gasteiger partial charge >= 0.3 is 17.1 Å². The van der Waals surface area contributed by atoms with Gasteiger partial charge in [0.05, 0.1) is 5.39 Å². The molecule has 0 spiro atoms. The van der Waals surface area contributed by atoms with Crippen LogP contribution >= 0.6 is 27.5 Å². The summed E-state index contributed by atoms with van der Waals surface area (Å²) in [7, 11) is -2.01. The average molecular weight is 555 g/mol. The van der Waals surface area contributed by atoms with Crippen LogP contribution in [0.25, 0.3) is 22.0 Å². The molecule has 0 bridgehead atoms. The van der Waals surface area contributed by atoms with Crippen LogP contribution in [0.1, 0.15) is 41.5 Å². The number of benzene rings is 2. The Balaban J connectivity index is 0.00000320. The molecule has 0 saturated heterocycles. The normalized spacial score (nSPS) is 12.0. The Labute approximate surface area is 205 Å². The van der Waals surface area contributed by atoms with Crippen molar-refractivity contribution >= 4 is 46.8 Å². The molecule has 0 aliphatic rings. The van der Waals surface area contributed by atoms with Crippen molar-refractivity contribution in [1.82, 2.24) is 0 Å². The molecule has 2 nitrogen and oxygen atoms in total. The van der Waals surface area contributed by atoms with E-state index in [4.69, 9.17) is 16.0 Å². The van der Waals surface area contributed by atoms with Crippen molar-refractivity contribution in [3.8, 4) is 16.9 Å². The minimum Gasteiger partial charge on any atom is -0.543 e. The van der Waals surface area contributed by atoms with E-state index >= 15 is 0 Å². The second kappa shape index (κ2) is 10.2. The third-order valence-corrected chi connectivity index (χ3v) is 12.6. The summed E-state index contributed by atoms with van der Waals surface area (Å²) in [5.41, 5.74) is 4.82. The molecule has 1 radical (unpaired) electrons. The number of aromatic nitrogens is 1. The number of fused-ring (bicyclic) bond motifs is 1. The van der Waals surface area contributed by atoms with Crippen molar-refractivity contribution in [2.45, 2.75) is 58.2 Å². The van der Waals surface area contributed by atoms with E-state index in [1.165, 1.54) is 0 Å². The molecule has 0 fully saturated rings. The first kappa shape index (κ1) is 25.4. The molecule has 1 heterocycles. The monoisotopic (exact) mass is 553 g/mol. The second-order valence-electron chi connectivity index (χ2n) is 8.67. The molecular formula is C24H30BrClCuNOSi+3. The largest absolute Gasteiger partial charge is 2.00 e. The molecule has 3 rings (SSSR count). The van der Waals surface area contributed by atoms with Crippen LogP contribution in [-0.4, -0.2) is 8.32 Å². The fourth-order valence-corrected chi connectivity index (χ4v) is 10.6. The van der Waals surface area contributed by atoms with Gasteiger partial charge in [0.2, 0.25) is 5.52 Å². The van der Waals surface area contributed by atoms with Crippen LogP contribution in [0.5, 0.6) is 5.75 Å². The van der Waals surface area contributed by atoms with Gasteiger partial charge in [-0.05, 0) is 58.1 Å². The fourth-order valence-electron chi connectivity index (χ4n) is 4.74. The number of halogens is 2. The van der Waals surface area contributed by atoms with Crippen molar-refractivity contribution in [3.05, 3.63) is 58.2 Å². The number of pyridine rings is 1. The van der Waals surface area contributed by atoms with Crippen LogP contribution in [0.15, 0.2) is 53.0 Å². The molecule has 30 heavy (non-hydrogen) atoms. The Hall–Kier alpha value is -0.844. The number of hydrogen-bond acceptors (Lipinski definition) is 1. The fraction of sp³-hybridized carbons (Fsp3) is 0.375. The maximum Gasteiger partial charge on any atom is 2.00 e. The van der Waals surface area contributed by atoms with Gasteiger partial charge in [-0.1, -0.05) is 69.6 Å². The summed E-state index contributed by atoms with van der Waals surface area (Å²) in [5, 5.41) is 1.75. The Morgan fingerprint density at radius 2 is 1.53 bits per heavy atom. The van der Waals surface area contributed by atoms with Gasteiger partial charge in [-0.25, -0.2) is 0 Å². The van der Waals surface area contributed by atoms with Crippen molar-refractivity contribution in [2.24, 2.45) is 0 Å². The summed E-state index contributed by atoms with van der Waals surface area (Å²) in [6.07, 6.45) is 0. The second-order valence-corrected chi connectivity index (χ2v) is 15.4. The van der Waals surface area contributed by atoms with Crippen molar-refractivity contribution in [3.63, 3.8) is 0 Å². The Kier molecular flexibility index (Phi) is 8.63. The predicted molar refractivity (Wildman–Crippen MR) is 130 cm³/mol. The standard InChI is InChI=1S/C24H29BrClNOSi.Cu/c1-15(2)29(16(3)4,17(5)6)28-20-9-7-8-18(12-20)21-14-24(26)27-23-11-10-19(25)13-22(21)23;/h7-17H,1-6H3;/q;+2/p+1. The first-order valence-corrected chi connectivity index (χ1v) is 13.6. The first-order valence-electron chi connectivity index (χ1n) is 10.3. The van der Waals surface area contributed by atoms with Crippen LogP contribution < -0.4 is 9.41 Å². The third kappa shape index (κ3) is 4.97. The average Bonchev–Trinajstić information content (AvgIpc) is 2.65. The van der Waals surface area contributed by atoms with E-state index in [-0.39, 0.29) is 17.1 Å². The first-order chi connectivity index (χ1) is 13.6. The van der Waals surface area contributed by atoms with Crippen molar-refractivity contribution in [1.29, 1.82) is 0 Å². The van der Waals surface area contributed by atoms with Crippen LogP contribution in [0.2, 0.25) is 21.8 Å². The molecule has 1 aromatic heterocycles. The molecule has 0 aliphatic heterocycles. The Morgan fingerprint density at radius 3 is 2.13 bits per heavy atom. The van der Waals surface area contributed by atoms with E-state index in [1.807, 2.05) is 18.2 Å². The third-order valence-electron chi connectivity index (χ3n) is 5.94. The van der Waals surface area contributed by atoms with E-state index in [2.05, 4.69) is 92.8 Å². The SMILES string of the molecule is CC(C)[Si](Oc1cccc(-c2cc(Cl)[nH+]c3ccc(Br)cc23)c1)(C(C)C)C(C)C.[Cu+2]. The Bertz CT molecular complexity index is 1000. The van der Waals surface area contributed by atoms with Gasteiger partial charge < -0.3 is 4.43 Å². The summed E-state index contributed by atoms with van der Waals surface area (Å²) in [4.78, 5) is 3.24. The molecule has 0 atom stereocenters. The van der Waals surface area contributed by atoms with Crippen molar-refractivity contribution < 1.29 is 26.5 Å². The zero-order chi connectivity index (χ0) is 21.3. The predicted octanol–water partition coefficient (Wildman–Crippen LogP) is 8.29. The minimum absolute atomic E-state index is 0. The maximum absolute atomic E-state index is 6.90. The van der Waals surface area contributed by atoms with Gasteiger partial charge in [0.15, 0.2) is 0 Å². The van der Waals surface area contributed by atoms with Gasteiger partial charge in [0, 0.05) is 22.2 Å². The zero-order valence-electron chi connectivity index (χ0n) is 18.3. The van der Waals surface area contributed by atoms with Crippen LogP contribution in [0.4, 0.5) is 0 Å². The van der Waals surface area contributed by atoms with Gasteiger partial charge in [-0.15, -0.1) is 0 Å². The van der Waals surface area contributed by atoms with Gasteiger partial charge in [0.25, 0.3) is 13.5 Å². The summed E-state index contributed by atoms with van der Waals surface area (Å²) >= 11 is 9.99. The number of H-pyrrole nitrogens is 1. The summed E-state index contributed by atoms with van der Waals surface area (Å²) in [6, 6.07) is 16.7. The number of rotatable bonds is 6. The summed E-state index contributed by atoms with van der Waals surface area (Å²) < 4.78 is 7.95. The van der Waals surface area contributed by atoms with Crippen LogP contribution in [0, 0.1) is 0 Å². The van der Waals surface area contributed by atoms with E-state index in [9.17, 15) is 0 Å². The zero-order valence-corrected chi connectivity index (χ0v) is 22.6. The van der Waals surface area contributed by atoms with Gasteiger partial charge in [-0.3, -0.25) is 0 Å². The van der Waals surface area contributed by atoms with Crippen molar-refractivity contribution in [2.75, 3.05) is 0 Å². The molecule has 1 N–H and O–H groups in total. The molecule has 6 heteroatoms. The maximum atomic E-state index is 6.90. The number of aromatic amines is 1.